The average molecular weight is 656 g/mol. The van der Waals surface area contributed by atoms with Gasteiger partial charge in [-0.3, -0.25) is 0 Å². The van der Waals surface area contributed by atoms with E-state index < -0.39 is 13.5 Å². The second kappa shape index (κ2) is 11.2. The lowest BCUT2D eigenvalue weighted by atomic mass is 9.99. The van der Waals surface area contributed by atoms with Crippen LogP contribution in [0.4, 0.5) is 8.78 Å². The van der Waals surface area contributed by atoms with Crippen LogP contribution < -0.4 is 0 Å². The van der Waals surface area contributed by atoms with E-state index in [1.54, 1.807) is 25.1 Å². The minimum Gasteiger partial charge on any atom is -0.464 e. The third-order valence-corrected chi connectivity index (χ3v) is 5.40. The number of rotatable bonds is 8. The molecule has 10 heteroatoms. The van der Waals surface area contributed by atoms with Crippen LogP contribution in [-0.2, 0) is 27.5 Å². The van der Waals surface area contributed by atoms with Gasteiger partial charge in [0.25, 0.3) is 0 Å². The van der Waals surface area contributed by atoms with Crippen molar-refractivity contribution in [3.05, 3.63) is 70.0 Å². The number of hydrogen-bond acceptors (Lipinski definition) is 6. The molecule has 0 aromatic heterocycles. The first-order valence-corrected chi connectivity index (χ1v) is 11.1. The maximum Gasteiger partial charge on any atom is 0.360 e. The highest BCUT2D eigenvalue weighted by atomic mass is 127. The largest absolute Gasteiger partial charge is 0.464 e. The molecular formula is C21H20F2I2N2O4. The smallest absolute Gasteiger partial charge is 0.360 e. The highest BCUT2D eigenvalue weighted by Crippen LogP contribution is 2.43. The molecule has 0 bridgehead atoms. The van der Waals surface area contributed by atoms with Crippen molar-refractivity contribution in [2.24, 2.45) is 10.3 Å². The van der Waals surface area contributed by atoms with Gasteiger partial charge >= 0.3 is 5.97 Å². The summed E-state index contributed by atoms with van der Waals surface area (Å²) in [6.07, 6.45) is 0. The maximum absolute atomic E-state index is 14.5. The van der Waals surface area contributed by atoms with Gasteiger partial charge in [-0.15, -0.1) is 0 Å². The summed E-state index contributed by atoms with van der Waals surface area (Å²) in [7, 11) is 2.57. The van der Waals surface area contributed by atoms with Crippen molar-refractivity contribution in [3.8, 4) is 0 Å². The van der Waals surface area contributed by atoms with E-state index in [2.05, 4.69) is 10.3 Å². The number of nitrogens with zero attached hydrogens (tertiary/aromatic N) is 2. The number of carbonyl (C=O) groups is 1. The second-order valence-electron chi connectivity index (χ2n) is 6.33. The predicted octanol–water partition coefficient (Wildman–Crippen LogP) is 5.55. The van der Waals surface area contributed by atoms with E-state index in [9.17, 15) is 13.6 Å². The Hall–Kier alpha value is -1.83. The number of ether oxygens (including phenoxy) is 1. The molecule has 0 saturated heterocycles. The Morgan fingerprint density at radius 2 is 1.74 bits per heavy atom. The molecular weight excluding hydrogens is 636 g/mol. The Bertz CT molecular complexity index is 1020. The van der Waals surface area contributed by atoms with Crippen LogP contribution in [0.25, 0.3) is 0 Å². The zero-order valence-electron chi connectivity index (χ0n) is 17.2. The minimum absolute atomic E-state index is 0.0149. The molecule has 31 heavy (non-hydrogen) atoms. The van der Waals surface area contributed by atoms with Crippen LogP contribution in [0.2, 0.25) is 0 Å². The van der Waals surface area contributed by atoms with Crippen LogP contribution in [0.5, 0.6) is 0 Å². The summed E-state index contributed by atoms with van der Waals surface area (Å²) in [6, 6.07) is 9.54. The van der Waals surface area contributed by atoms with Crippen LogP contribution in [0.1, 0.15) is 34.7 Å². The Balaban J connectivity index is 2.37. The van der Waals surface area contributed by atoms with Crippen LogP contribution in [0.3, 0.4) is 0 Å². The number of benzene rings is 2. The number of esters is 1. The first kappa shape index (κ1) is 25.4. The highest BCUT2D eigenvalue weighted by molar-refractivity contribution is 14.2. The van der Waals surface area contributed by atoms with Gasteiger partial charge in [0.15, 0.2) is 5.71 Å². The summed E-state index contributed by atoms with van der Waals surface area (Å²) in [5.74, 6) is -1.33. The molecule has 0 unspecified atom stereocenters. The molecule has 0 aliphatic carbocycles. The molecule has 0 heterocycles. The van der Waals surface area contributed by atoms with Crippen LogP contribution in [0, 0.1) is 12.7 Å². The van der Waals surface area contributed by atoms with Crippen molar-refractivity contribution in [2.45, 2.75) is 22.1 Å². The molecule has 0 aliphatic rings. The lowest BCUT2D eigenvalue weighted by Gasteiger charge is -2.17. The zero-order chi connectivity index (χ0) is 23.2. The van der Waals surface area contributed by atoms with Crippen LogP contribution in [-0.4, -0.2) is 31.6 Å². The SMILES string of the molecule is CO/N=C(/C(=O)OC)c1cccc(C)c1CO/N=C(\C)c1cccc(F)c1C(F)(I)I. The van der Waals surface area contributed by atoms with E-state index in [0.29, 0.717) is 22.4 Å². The summed E-state index contributed by atoms with van der Waals surface area (Å²) in [5, 5.41) is 7.82. The normalized spacial score (nSPS) is 12.5. The first-order chi connectivity index (χ1) is 14.6. The summed E-state index contributed by atoms with van der Waals surface area (Å²) >= 11 is 3.05. The summed E-state index contributed by atoms with van der Waals surface area (Å²) in [4.78, 5) is 22.4. The van der Waals surface area contributed by atoms with Crippen molar-refractivity contribution in [1.82, 2.24) is 0 Å². The number of oxime groups is 2. The van der Waals surface area contributed by atoms with Gasteiger partial charge in [-0.1, -0.05) is 40.6 Å². The number of methoxy groups -OCH3 is 1. The van der Waals surface area contributed by atoms with Gasteiger partial charge in [0.2, 0.25) is 1.68 Å². The Labute approximate surface area is 206 Å². The van der Waals surface area contributed by atoms with Gasteiger partial charge in [0, 0.05) is 16.7 Å². The van der Waals surface area contributed by atoms with Crippen LogP contribution >= 0.6 is 45.2 Å². The van der Waals surface area contributed by atoms with Gasteiger partial charge in [0.05, 0.1) is 18.4 Å². The van der Waals surface area contributed by atoms with E-state index in [0.717, 1.165) is 5.56 Å². The van der Waals surface area contributed by atoms with Crippen molar-refractivity contribution in [1.29, 1.82) is 0 Å². The molecule has 0 saturated carbocycles. The Morgan fingerprint density at radius 1 is 1.10 bits per heavy atom. The number of hydrogen-bond donors (Lipinski definition) is 0. The molecule has 0 fully saturated rings. The van der Waals surface area contributed by atoms with Gasteiger partial charge in [0.1, 0.15) is 19.5 Å². The molecule has 6 nitrogen and oxygen atoms in total. The fourth-order valence-corrected chi connectivity index (χ4v) is 3.95. The first-order valence-electron chi connectivity index (χ1n) is 8.92. The standard InChI is InChI=1S/C21H20F2I2N2O4/c1-12-7-5-9-15(19(27-30-4)20(28)29-3)16(12)11-31-26-13(2)14-8-6-10-17(22)18(14)21(23,24)25/h5-10H,11H2,1-4H3/b26-13+,27-19+. The van der Waals surface area contributed by atoms with E-state index in [1.807, 2.05) is 13.0 Å². The highest BCUT2D eigenvalue weighted by Gasteiger charge is 2.31. The van der Waals surface area contributed by atoms with Crippen LogP contribution in [0.15, 0.2) is 46.7 Å². The molecule has 0 N–H and O–H groups in total. The van der Waals surface area contributed by atoms with Crippen molar-refractivity contribution >= 4 is 62.6 Å². The van der Waals surface area contributed by atoms with Gasteiger partial charge in [-0.25, -0.2) is 13.6 Å². The molecule has 0 amide bonds. The van der Waals surface area contributed by atoms with E-state index in [4.69, 9.17) is 14.4 Å². The fourth-order valence-electron chi connectivity index (χ4n) is 2.86. The quantitative estimate of drug-likeness (QED) is 0.123. The summed E-state index contributed by atoms with van der Waals surface area (Å²) in [6.45, 7) is 3.43. The lowest BCUT2D eigenvalue weighted by molar-refractivity contribution is -0.132. The molecule has 0 spiro atoms. The number of aryl methyl sites for hydroxylation is 1. The van der Waals surface area contributed by atoms with Gasteiger partial charge in [-0.05, 0) is 70.7 Å². The zero-order valence-corrected chi connectivity index (χ0v) is 21.5. The third-order valence-electron chi connectivity index (χ3n) is 4.32. The molecule has 166 valence electrons. The molecule has 2 aromatic carbocycles. The minimum atomic E-state index is -1.96. The molecule has 0 aliphatic heterocycles. The predicted molar refractivity (Wildman–Crippen MR) is 131 cm³/mol. The van der Waals surface area contributed by atoms with Crippen molar-refractivity contribution in [2.75, 3.05) is 14.2 Å². The lowest BCUT2D eigenvalue weighted by Crippen LogP contribution is -2.20. The average Bonchev–Trinajstić information content (AvgIpc) is 2.71. The Morgan fingerprint density at radius 3 is 2.35 bits per heavy atom. The Kier molecular flexibility index (Phi) is 9.15. The monoisotopic (exact) mass is 656 g/mol. The molecule has 2 aromatic rings. The van der Waals surface area contributed by atoms with Gasteiger partial charge in [-0.2, -0.15) is 0 Å². The van der Waals surface area contributed by atoms with E-state index in [1.165, 1.54) is 71.5 Å². The second-order valence-corrected chi connectivity index (χ2v) is 11.4. The summed E-state index contributed by atoms with van der Waals surface area (Å²) < 4.78 is 31.6. The molecule has 0 radical (unpaired) electrons. The van der Waals surface area contributed by atoms with E-state index >= 15 is 0 Å². The molecule has 2 rings (SSSR count). The fraction of sp³-hybridized carbons (Fsp3) is 0.286. The molecule has 0 atom stereocenters. The van der Waals surface area contributed by atoms with Gasteiger partial charge < -0.3 is 14.4 Å². The number of alkyl halides is 3. The van der Waals surface area contributed by atoms with E-state index in [-0.39, 0.29) is 17.9 Å². The third kappa shape index (κ3) is 6.34. The number of carbonyl (C=O) groups excluding carboxylic acids is 1. The maximum atomic E-state index is 14.5. The van der Waals surface area contributed by atoms with Crippen molar-refractivity contribution < 1.29 is 28.0 Å². The summed E-state index contributed by atoms with van der Waals surface area (Å²) in [5.41, 5.74) is 2.41. The van der Waals surface area contributed by atoms with Crippen molar-refractivity contribution in [3.63, 3.8) is 0 Å². The number of halogens is 4. The topological polar surface area (TPSA) is 69.5 Å².